The number of pyridine rings is 1. The lowest BCUT2D eigenvalue weighted by Crippen LogP contribution is -1.98. The Kier molecular flexibility index (Phi) is 3.51. The van der Waals surface area contributed by atoms with E-state index in [1.165, 1.54) is 0 Å². The molecule has 21 heavy (non-hydrogen) atoms. The molecule has 0 spiro atoms. The molecule has 0 fully saturated rings. The van der Waals surface area contributed by atoms with Gasteiger partial charge in [-0.15, -0.1) is 0 Å². The molecule has 2 aromatic heterocycles. The molecule has 0 aliphatic heterocycles. The van der Waals surface area contributed by atoms with E-state index in [1.54, 1.807) is 18.0 Å². The highest BCUT2D eigenvalue weighted by Crippen LogP contribution is 2.33. The summed E-state index contributed by atoms with van der Waals surface area (Å²) in [6.07, 6.45) is 1.77. The van der Waals surface area contributed by atoms with E-state index in [2.05, 4.69) is 15.0 Å². The maximum atomic E-state index is 5.98. The summed E-state index contributed by atoms with van der Waals surface area (Å²) < 4.78 is 0. The van der Waals surface area contributed by atoms with Crippen LogP contribution >= 0.6 is 11.8 Å². The van der Waals surface area contributed by atoms with Gasteiger partial charge in [-0.3, -0.25) is 4.98 Å². The quantitative estimate of drug-likeness (QED) is 0.577. The van der Waals surface area contributed by atoms with Gasteiger partial charge in [-0.05, 0) is 50.2 Å². The average molecular weight is 296 g/mol. The number of anilines is 1. The highest BCUT2D eigenvalue weighted by molar-refractivity contribution is 7.99. The van der Waals surface area contributed by atoms with E-state index < -0.39 is 0 Å². The van der Waals surface area contributed by atoms with Gasteiger partial charge < -0.3 is 5.73 Å². The van der Waals surface area contributed by atoms with Gasteiger partial charge in [0.25, 0.3) is 0 Å². The molecule has 1 aromatic carbocycles. The van der Waals surface area contributed by atoms with Crippen molar-refractivity contribution >= 4 is 28.4 Å². The van der Waals surface area contributed by atoms with Gasteiger partial charge in [0.2, 0.25) is 0 Å². The van der Waals surface area contributed by atoms with E-state index in [4.69, 9.17) is 5.73 Å². The predicted molar refractivity (Wildman–Crippen MR) is 86.5 cm³/mol. The third-order valence-corrected chi connectivity index (χ3v) is 4.52. The van der Waals surface area contributed by atoms with Crippen molar-refractivity contribution in [1.29, 1.82) is 0 Å². The van der Waals surface area contributed by atoms with Crippen LogP contribution < -0.4 is 5.73 Å². The zero-order chi connectivity index (χ0) is 15.0. The standard InChI is InChI=1S/C16H16N4S/c1-9-10(2)19-16(20-11(9)3)21-14-7-8-18-15-12(14)5-4-6-13(15)17/h4-8H,17H2,1-3H3. The molecule has 2 heterocycles. The monoisotopic (exact) mass is 296 g/mol. The fourth-order valence-electron chi connectivity index (χ4n) is 2.15. The van der Waals surface area contributed by atoms with E-state index in [0.717, 1.165) is 37.9 Å². The molecule has 4 nitrogen and oxygen atoms in total. The zero-order valence-corrected chi connectivity index (χ0v) is 13.0. The van der Waals surface area contributed by atoms with Crippen LogP contribution in [-0.4, -0.2) is 15.0 Å². The lowest BCUT2D eigenvalue weighted by Gasteiger charge is -2.09. The number of hydrogen-bond acceptors (Lipinski definition) is 5. The molecule has 0 saturated heterocycles. The summed E-state index contributed by atoms with van der Waals surface area (Å²) in [7, 11) is 0. The Labute approximate surface area is 127 Å². The summed E-state index contributed by atoms with van der Waals surface area (Å²) in [4.78, 5) is 14.5. The van der Waals surface area contributed by atoms with Crippen LogP contribution in [0.5, 0.6) is 0 Å². The third-order valence-electron chi connectivity index (χ3n) is 3.58. The zero-order valence-electron chi connectivity index (χ0n) is 12.2. The van der Waals surface area contributed by atoms with Crippen LogP contribution in [0.1, 0.15) is 17.0 Å². The van der Waals surface area contributed by atoms with Gasteiger partial charge in [0.05, 0.1) is 11.2 Å². The summed E-state index contributed by atoms with van der Waals surface area (Å²) in [5.74, 6) is 0. The Morgan fingerprint density at radius 3 is 2.43 bits per heavy atom. The Bertz CT molecular complexity index is 807. The number of rotatable bonds is 2. The van der Waals surface area contributed by atoms with Crippen molar-refractivity contribution in [3.63, 3.8) is 0 Å². The number of aryl methyl sites for hydroxylation is 2. The Balaban J connectivity index is 2.08. The Morgan fingerprint density at radius 2 is 1.71 bits per heavy atom. The van der Waals surface area contributed by atoms with Crippen molar-refractivity contribution in [3.8, 4) is 0 Å². The van der Waals surface area contributed by atoms with Gasteiger partial charge in [-0.25, -0.2) is 9.97 Å². The number of aromatic nitrogens is 3. The van der Waals surface area contributed by atoms with Crippen molar-refractivity contribution < 1.29 is 0 Å². The molecule has 0 amide bonds. The highest BCUT2D eigenvalue weighted by Gasteiger charge is 2.10. The second-order valence-electron chi connectivity index (χ2n) is 4.96. The van der Waals surface area contributed by atoms with Crippen LogP contribution in [0.4, 0.5) is 5.69 Å². The van der Waals surface area contributed by atoms with Crippen LogP contribution in [0, 0.1) is 20.8 Å². The van der Waals surface area contributed by atoms with Gasteiger partial charge in [0.1, 0.15) is 0 Å². The van der Waals surface area contributed by atoms with Gasteiger partial charge in [0.15, 0.2) is 5.16 Å². The molecule has 3 rings (SSSR count). The maximum absolute atomic E-state index is 5.98. The molecule has 5 heteroatoms. The number of hydrogen-bond donors (Lipinski definition) is 1. The largest absolute Gasteiger partial charge is 0.397 e. The summed E-state index contributed by atoms with van der Waals surface area (Å²) >= 11 is 1.55. The normalized spacial score (nSPS) is 11.0. The molecular formula is C16H16N4S. The minimum atomic E-state index is 0.687. The maximum Gasteiger partial charge on any atom is 0.192 e. The molecule has 0 saturated carbocycles. The molecule has 0 aliphatic rings. The third kappa shape index (κ3) is 2.56. The number of para-hydroxylation sites is 1. The Hall–Kier alpha value is -2.14. The van der Waals surface area contributed by atoms with E-state index in [9.17, 15) is 0 Å². The van der Waals surface area contributed by atoms with Crippen LogP contribution in [0.3, 0.4) is 0 Å². The second kappa shape index (κ2) is 5.33. The van der Waals surface area contributed by atoms with Gasteiger partial charge in [0, 0.05) is 27.9 Å². The minimum absolute atomic E-state index is 0.687. The number of nitrogens with two attached hydrogens (primary N) is 1. The highest BCUT2D eigenvalue weighted by atomic mass is 32.2. The number of benzene rings is 1. The molecule has 2 N–H and O–H groups in total. The molecule has 0 atom stereocenters. The number of fused-ring (bicyclic) bond motifs is 1. The smallest absolute Gasteiger partial charge is 0.192 e. The summed E-state index contributed by atoms with van der Waals surface area (Å²) in [6, 6.07) is 7.80. The summed E-state index contributed by atoms with van der Waals surface area (Å²) in [6.45, 7) is 6.06. The first-order valence-electron chi connectivity index (χ1n) is 6.69. The lowest BCUT2D eigenvalue weighted by molar-refractivity contribution is 0.881. The van der Waals surface area contributed by atoms with E-state index in [1.807, 2.05) is 45.0 Å². The van der Waals surface area contributed by atoms with E-state index in [-0.39, 0.29) is 0 Å². The Morgan fingerprint density at radius 1 is 1.00 bits per heavy atom. The minimum Gasteiger partial charge on any atom is -0.397 e. The van der Waals surface area contributed by atoms with Crippen molar-refractivity contribution in [3.05, 3.63) is 47.4 Å². The van der Waals surface area contributed by atoms with Crippen LogP contribution in [0.15, 0.2) is 40.5 Å². The van der Waals surface area contributed by atoms with Gasteiger partial charge >= 0.3 is 0 Å². The van der Waals surface area contributed by atoms with Crippen LogP contribution in [-0.2, 0) is 0 Å². The first kappa shape index (κ1) is 13.8. The van der Waals surface area contributed by atoms with Crippen molar-refractivity contribution in [1.82, 2.24) is 15.0 Å². The summed E-state index contributed by atoms with van der Waals surface area (Å²) in [5, 5.41) is 1.78. The molecule has 0 bridgehead atoms. The first-order chi connectivity index (χ1) is 10.1. The lowest BCUT2D eigenvalue weighted by atomic mass is 10.2. The first-order valence-corrected chi connectivity index (χ1v) is 7.51. The van der Waals surface area contributed by atoms with Crippen LogP contribution in [0.25, 0.3) is 10.9 Å². The SMILES string of the molecule is Cc1nc(Sc2ccnc3c(N)cccc23)nc(C)c1C. The molecule has 106 valence electrons. The van der Waals surface area contributed by atoms with Gasteiger partial charge in [-0.1, -0.05) is 12.1 Å². The van der Waals surface area contributed by atoms with Crippen LogP contribution in [0.2, 0.25) is 0 Å². The number of nitrogens with zero attached hydrogens (tertiary/aromatic N) is 3. The molecule has 0 aliphatic carbocycles. The topological polar surface area (TPSA) is 64.7 Å². The van der Waals surface area contributed by atoms with E-state index in [0.29, 0.717) is 5.69 Å². The van der Waals surface area contributed by atoms with Crippen molar-refractivity contribution in [2.75, 3.05) is 5.73 Å². The van der Waals surface area contributed by atoms with Crippen molar-refractivity contribution in [2.45, 2.75) is 30.8 Å². The van der Waals surface area contributed by atoms with E-state index >= 15 is 0 Å². The molecule has 0 unspecified atom stereocenters. The fraction of sp³-hybridized carbons (Fsp3) is 0.188. The number of nitrogen functional groups attached to an aromatic ring is 1. The second-order valence-corrected chi connectivity index (χ2v) is 5.97. The predicted octanol–water partition coefficient (Wildman–Crippen LogP) is 3.68. The van der Waals surface area contributed by atoms with Crippen molar-refractivity contribution in [2.24, 2.45) is 0 Å². The summed E-state index contributed by atoms with van der Waals surface area (Å²) in [5.41, 5.74) is 10.7. The molecule has 3 aromatic rings. The molecular weight excluding hydrogens is 280 g/mol. The van der Waals surface area contributed by atoms with Gasteiger partial charge in [-0.2, -0.15) is 0 Å². The molecule has 0 radical (unpaired) electrons. The average Bonchev–Trinajstić information content (AvgIpc) is 2.46. The fourth-order valence-corrected chi connectivity index (χ4v) is 3.11.